The van der Waals surface area contributed by atoms with Crippen LogP contribution in [0.4, 0.5) is 0 Å². The van der Waals surface area contributed by atoms with Gasteiger partial charge < -0.3 is 15.2 Å². The Balaban J connectivity index is 2.61. The summed E-state index contributed by atoms with van der Waals surface area (Å²) in [6.45, 7) is 0. The van der Waals surface area contributed by atoms with Gasteiger partial charge in [-0.05, 0) is 24.3 Å². The lowest BCUT2D eigenvalue weighted by atomic mass is 9.99. The van der Waals surface area contributed by atoms with E-state index in [1.807, 2.05) is 12.1 Å². The minimum atomic E-state index is 0.0883. The number of benzene rings is 2. The van der Waals surface area contributed by atoms with Crippen molar-refractivity contribution >= 4 is 24.3 Å². The average Bonchev–Trinajstić information content (AvgIpc) is 2.67. The van der Waals surface area contributed by atoms with E-state index in [-0.39, 0.29) is 16.8 Å². The van der Waals surface area contributed by atoms with Crippen LogP contribution in [0.25, 0.3) is 11.8 Å². The van der Waals surface area contributed by atoms with Crippen LogP contribution in [0.3, 0.4) is 0 Å². The number of methoxy groups -OCH3 is 2. The van der Waals surface area contributed by atoms with Gasteiger partial charge in [0.1, 0.15) is 11.5 Å². The van der Waals surface area contributed by atoms with E-state index in [0.29, 0.717) is 35.2 Å². The highest BCUT2D eigenvalue weighted by Crippen LogP contribution is 2.28. The first kappa shape index (κ1) is 18.0. The summed E-state index contributed by atoms with van der Waals surface area (Å²) in [6.07, 6.45) is 2.73. The Morgan fingerprint density at radius 1 is 0.880 bits per heavy atom. The number of para-hydroxylation sites is 2. The molecule has 0 aliphatic heterocycles. The van der Waals surface area contributed by atoms with Gasteiger partial charge in [-0.15, -0.1) is 0 Å². The summed E-state index contributed by atoms with van der Waals surface area (Å²) in [4.78, 5) is 23.3. The largest absolute Gasteiger partial charge is 0.496 e. The van der Waals surface area contributed by atoms with Crippen molar-refractivity contribution in [1.82, 2.24) is 0 Å². The highest BCUT2D eigenvalue weighted by atomic mass is 16.5. The van der Waals surface area contributed by atoms with Crippen molar-refractivity contribution in [2.45, 2.75) is 0 Å². The predicted octanol–water partition coefficient (Wildman–Crippen LogP) is 2.86. The quantitative estimate of drug-likeness (QED) is 0.477. The molecule has 0 radical (unpaired) electrons. The summed E-state index contributed by atoms with van der Waals surface area (Å²) in [5.74, 6) is 1.10. The molecule has 0 aliphatic rings. The topological polar surface area (TPSA) is 78.6 Å². The second-order valence-corrected chi connectivity index (χ2v) is 5.10. The van der Waals surface area contributed by atoms with Crippen LogP contribution in [0, 0.1) is 0 Å². The van der Waals surface area contributed by atoms with Crippen LogP contribution < -0.4 is 15.2 Å². The minimum Gasteiger partial charge on any atom is -0.496 e. The van der Waals surface area contributed by atoms with Crippen LogP contribution in [-0.2, 0) is 9.59 Å². The fourth-order valence-corrected chi connectivity index (χ4v) is 2.43. The number of carbonyl (C=O) groups is 2. The average molecular weight is 337 g/mol. The molecule has 0 unspecified atom stereocenters. The van der Waals surface area contributed by atoms with E-state index in [1.165, 1.54) is 14.2 Å². The van der Waals surface area contributed by atoms with Crippen LogP contribution in [0.2, 0.25) is 0 Å². The van der Waals surface area contributed by atoms with Gasteiger partial charge in [-0.25, -0.2) is 0 Å². The van der Waals surface area contributed by atoms with Crippen LogP contribution in [0.5, 0.6) is 11.5 Å². The molecule has 5 heteroatoms. The normalized spacial score (nSPS) is 12.2. The van der Waals surface area contributed by atoms with Gasteiger partial charge >= 0.3 is 0 Å². The zero-order chi connectivity index (χ0) is 18.2. The molecule has 0 saturated heterocycles. The SMILES string of the molecule is COc1ccccc1C=C(C=O)C(C=O)=C(N)c1ccccc1OC. The van der Waals surface area contributed by atoms with Gasteiger partial charge in [0, 0.05) is 22.3 Å². The number of ether oxygens (including phenoxy) is 2. The lowest BCUT2D eigenvalue weighted by Gasteiger charge is -2.12. The molecule has 0 heterocycles. The van der Waals surface area contributed by atoms with Crippen molar-refractivity contribution in [2.24, 2.45) is 5.73 Å². The van der Waals surface area contributed by atoms with Crippen molar-refractivity contribution in [3.8, 4) is 11.5 Å². The van der Waals surface area contributed by atoms with Gasteiger partial charge in [0.25, 0.3) is 0 Å². The summed E-state index contributed by atoms with van der Waals surface area (Å²) in [5.41, 5.74) is 7.78. The van der Waals surface area contributed by atoms with Crippen molar-refractivity contribution < 1.29 is 19.1 Å². The Morgan fingerprint density at radius 3 is 2.08 bits per heavy atom. The first-order chi connectivity index (χ1) is 12.2. The first-order valence-electron chi connectivity index (χ1n) is 7.54. The molecule has 5 nitrogen and oxygen atoms in total. The van der Waals surface area contributed by atoms with Crippen LogP contribution in [0.1, 0.15) is 11.1 Å². The van der Waals surface area contributed by atoms with E-state index in [9.17, 15) is 9.59 Å². The molecule has 2 N–H and O–H groups in total. The third-order valence-electron chi connectivity index (χ3n) is 3.69. The molecule has 0 bridgehead atoms. The fourth-order valence-electron chi connectivity index (χ4n) is 2.43. The lowest BCUT2D eigenvalue weighted by Crippen LogP contribution is -2.07. The maximum atomic E-state index is 11.7. The summed E-state index contributed by atoms with van der Waals surface area (Å²) in [7, 11) is 3.05. The molecular formula is C20H19NO4. The number of aldehydes is 2. The Bertz CT molecular complexity index is 837. The van der Waals surface area contributed by atoms with Crippen molar-refractivity contribution in [3.63, 3.8) is 0 Å². The van der Waals surface area contributed by atoms with E-state index in [4.69, 9.17) is 15.2 Å². The molecule has 25 heavy (non-hydrogen) atoms. The number of allylic oxidation sites excluding steroid dienone is 2. The summed E-state index contributed by atoms with van der Waals surface area (Å²) >= 11 is 0. The molecule has 2 aromatic carbocycles. The van der Waals surface area contributed by atoms with Gasteiger partial charge in [0.2, 0.25) is 0 Å². The number of nitrogens with two attached hydrogens (primary N) is 1. The Labute approximate surface area is 146 Å². The number of hydrogen-bond donors (Lipinski definition) is 1. The third kappa shape index (κ3) is 3.95. The Morgan fingerprint density at radius 2 is 1.48 bits per heavy atom. The van der Waals surface area contributed by atoms with E-state index in [0.717, 1.165) is 0 Å². The molecule has 0 saturated carbocycles. The second kappa shape index (κ2) is 8.49. The van der Waals surface area contributed by atoms with Gasteiger partial charge in [0.15, 0.2) is 12.6 Å². The fraction of sp³-hybridized carbons (Fsp3) is 0.100. The molecule has 2 rings (SSSR count). The van der Waals surface area contributed by atoms with Crippen LogP contribution in [-0.4, -0.2) is 26.8 Å². The van der Waals surface area contributed by atoms with Gasteiger partial charge in [-0.1, -0.05) is 30.3 Å². The number of rotatable bonds is 7. The minimum absolute atomic E-state index is 0.0883. The van der Waals surface area contributed by atoms with E-state index in [1.54, 1.807) is 42.5 Å². The molecule has 0 spiro atoms. The molecule has 0 aromatic heterocycles. The van der Waals surface area contributed by atoms with Crippen LogP contribution >= 0.6 is 0 Å². The van der Waals surface area contributed by atoms with Gasteiger partial charge in [-0.2, -0.15) is 0 Å². The lowest BCUT2D eigenvalue weighted by molar-refractivity contribution is -0.107. The second-order valence-electron chi connectivity index (χ2n) is 5.10. The van der Waals surface area contributed by atoms with Gasteiger partial charge in [0.05, 0.1) is 19.9 Å². The molecule has 2 aromatic rings. The van der Waals surface area contributed by atoms with Crippen molar-refractivity contribution in [2.75, 3.05) is 14.2 Å². The molecule has 0 amide bonds. The molecule has 0 aliphatic carbocycles. The standard InChI is InChI=1S/C20H19NO4/c1-24-18-9-5-3-7-14(18)11-15(12-22)17(13-23)20(21)16-8-4-6-10-19(16)25-2/h3-13H,21H2,1-2H3. The monoisotopic (exact) mass is 337 g/mol. The maximum absolute atomic E-state index is 11.7. The highest BCUT2D eigenvalue weighted by molar-refractivity contribution is 6.05. The maximum Gasteiger partial charge on any atom is 0.152 e. The van der Waals surface area contributed by atoms with Crippen molar-refractivity contribution in [1.29, 1.82) is 0 Å². The highest BCUT2D eigenvalue weighted by Gasteiger charge is 2.14. The summed E-state index contributed by atoms with van der Waals surface area (Å²) < 4.78 is 10.5. The van der Waals surface area contributed by atoms with Crippen LogP contribution in [0.15, 0.2) is 59.7 Å². The zero-order valence-electron chi connectivity index (χ0n) is 14.1. The molecule has 0 atom stereocenters. The van der Waals surface area contributed by atoms with E-state index in [2.05, 4.69) is 0 Å². The van der Waals surface area contributed by atoms with E-state index >= 15 is 0 Å². The Hall–Kier alpha value is -3.34. The smallest absolute Gasteiger partial charge is 0.152 e. The zero-order valence-corrected chi connectivity index (χ0v) is 14.1. The molecule has 128 valence electrons. The van der Waals surface area contributed by atoms with Gasteiger partial charge in [-0.3, -0.25) is 9.59 Å². The van der Waals surface area contributed by atoms with Crippen molar-refractivity contribution in [3.05, 3.63) is 70.8 Å². The third-order valence-corrected chi connectivity index (χ3v) is 3.69. The molecular weight excluding hydrogens is 318 g/mol. The predicted molar refractivity (Wildman–Crippen MR) is 97.2 cm³/mol. The Kier molecular flexibility index (Phi) is 6.12. The summed E-state index contributed by atoms with van der Waals surface area (Å²) in [6, 6.07) is 14.2. The molecule has 0 fully saturated rings. The first-order valence-corrected chi connectivity index (χ1v) is 7.54. The number of carbonyl (C=O) groups excluding carboxylic acids is 2. The summed E-state index contributed by atoms with van der Waals surface area (Å²) in [5, 5.41) is 0. The van der Waals surface area contributed by atoms with E-state index < -0.39 is 0 Å². The number of hydrogen-bond acceptors (Lipinski definition) is 5.